The highest BCUT2D eigenvalue weighted by molar-refractivity contribution is 5.78. The molecule has 0 aromatic rings. The number of carbonyl (C=O) groups is 1. The molecule has 0 spiro atoms. The molecule has 0 aromatic heterocycles. The van der Waals surface area contributed by atoms with Crippen molar-refractivity contribution in [2.75, 3.05) is 0 Å². The summed E-state index contributed by atoms with van der Waals surface area (Å²) in [4.78, 5) is 15.4. The molecule has 0 saturated heterocycles. The Morgan fingerprint density at radius 3 is 3.17 bits per heavy atom. The summed E-state index contributed by atoms with van der Waals surface area (Å²) in [7, 11) is 0. The molecular weight excluding hydrogens is 152 g/mol. The zero-order chi connectivity index (χ0) is 8.55. The third-order valence-corrected chi connectivity index (χ3v) is 2.94. The minimum Gasteiger partial charge on any atom is -0.372 e. The van der Waals surface area contributed by atoms with Crippen molar-refractivity contribution in [3.8, 4) is 0 Å². The SMILES string of the molecule is CC(=O)C1CCC2N=CNC2C1. The quantitative estimate of drug-likeness (QED) is 0.624. The summed E-state index contributed by atoms with van der Waals surface area (Å²) >= 11 is 0. The van der Waals surface area contributed by atoms with Crippen molar-refractivity contribution in [1.29, 1.82) is 0 Å². The van der Waals surface area contributed by atoms with Gasteiger partial charge in [-0.15, -0.1) is 0 Å². The molecule has 0 radical (unpaired) electrons. The fraction of sp³-hybridized carbons (Fsp3) is 0.778. The molecule has 3 unspecified atom stereocenters. The lowest BCUT2D eigenvalue weighted by molar-refractivity contribution is -0.121. The molecule has 1 heterocycles. The maximum Gasteiger partial charge on any atom is 0.132 e. The van der Waals surface area contributed by atoms with Gasteiger partial charge in [0.25, 0.3) is 0 Å². The molecule has 0 bridgehead atoms. The normalized spacial score (nSPS) is 38.9. The van der Waals surface area contributed by atoms with Crippen molar-refractivity contribution in [2.45, 2.75) is 38.3 Å². The van der Waals surface area contributed by atoms with Gasteiger partial charge in [0, 0.05) is 5.92 Å². The van der Waals surface area contributed by atoms with E-state index in [0.29, 0.717) is 17.9 Å². The average Bonchev–Trinajstić information content (AvgIpc) is 2.49. The van der Waals surface area contributed by atoms with Crippen LogP contribution in [0.25, 0.3) is 0 Å². The van der Waals surface area contributed by atoms with E-state index in [1.54, 1.807) is 13.3 Å². The number of fused-ring (bicyclic) bond motifs is 1. The molecule has 3 nitrogen and oxygen atoms in total. The van der Waals surface area contributed by atoms with Crippen molar-refractivity contribution in [1.82, 2.24) is 5.32 Å². The molecule has 1 aliphatic carbocycles. The Morgan fingerprint density at radius 2 is 2.42 bits per heavy atom. The van der Waals surface area contributed by atoms with Gasteiger partial charge in [-0.25, -0.2) is 0 Å². The topological polar surface area (TPSA) is 41.5 Å². The number of Topliss-reactive ketones (excluding diaryl/α,β-unsaturated/α-hetero) is 1. The molecule has 3 atom stereocenters. The first-order valence-electron chi connectivity index (χ1n) is 4.55. The number of aliphatic imine (C=N–C) groups is 1. The molecule has 3 heteroatoms. The van der Waals surface area contributed by atoms with Gasteiger partial charge in [-0.05, 0) is 26.2 Å². The van der Waals surface area contributed by atoms with E-state index in [1.165, 1.54) is 0 Å². The van der Waals surface area contributed by atoms with E-state index >= 15 is 0 Å². The van der Waals surface area contributed by atoms with Crippen LogP contribution in [0.15, 0.2) is 4.99 Å². The number of rotatable bonds is 1. The van der Waals surface area contributed by atoms with Crippen LogP contribution in [0.4, 0.5) is 0 Å². The van der Waals surface area contributed by atoms with Gasteiger partial charge in [-0.3, -0.25) is 9.79 Å². The van der Waals surface area contributed by atoms with Crippen LogP contribution in [0, 0.1) is 5.92 Å². The van der Waals surface area contributed by atoms with Gasteiger partial charge in [0.1, 0.15) is 5.78 Å². The molecular formula is C9H14N2O. The number of nitrogens with zero attached hydrogens (tertiary/aromatic N) is 1. The van der Waals surface area contributed by atoms with Crippen LogP contribution in [0.5, 0.6) is 0 Å². The van der Waals surface area contributed by atoms with Crippen molar-refractivity contribution in [2.24, 2.45) is 10.9 Å². The van der Waals surface area contributed by atoms with E-state index in [1.807, 2.05) is 0 Å². The molecule has 2 rings (SSSR count). The summed E-state index contributed by atoms with van der Waals surface area (Å²) in [5.41, 5.74) is 0. The van der Waals surface area contributed by atoms with Gasteiger partial charge >= 0.3 is 0 Å². The summed E-state index contributed by atoms with van der Waals surface area (Å²) in [6, 6.07) is 0.883. The van der Waals surface area contributed by atoms with Crippen molar-refractivity contribution < 1.29 is 4.79 Å². The molecule has 0 aromatic carbocycles. The van der Waals surface area contributed by atoms with Crippen LogP contribution in [-0.2, 0) is 4.79 Å². The van der Waals surface area contributed by atoms with Crippen molar-refractivity contribution in [3.63, 3.8) is 0 Å². The fourth-order valence-corrected chi connectivity index (χ4v) is 2.12. The predicted molar refractivity (Wildman–Crippen MR) is 47.2 cm³/mol. The summed E-state index contributed by atoms with van der Waals surface area (Å²) in [6.07, 6.45) is 4.85. The zero-order valence-corrected chi connectivity index (χ0v) is 7.29. The Bertz CT molecular complexity index is 225. The number of hydrogen-bond acceptors (Lipinski definition) is 3. The zero-order valence-electron chi connectivity index (χ0n) is 7.29. The lowest BCUT2D eigenvalue weighted by atomic mass is 9.81. The second kappa shape index (κ2) is 2.88. The first-order chi connectivity index (χ1) is 5.77. The van der Waals surface area contributed by atoms with Crippen LogP contribution in [0.1, 0.15) is 26.2 Å². The van der Waals surface area contributed by atoms with Gasteiger partial charge in [0.15, 0.2) is 0 Å². The Morgan fingerprint density at radius 1 is 1.58 bits per heavy atom. The van der Waals surface area contributed by atoms with Crippen LogP contribution in [0.2, 0.25) is 0 Å². The van der Waals surface area contributed by atoms with E-state index in [9.17, 15) is 4.79 Å². The largest absolute Gasteiger partial charge is 0.372 e. The molecule has 1 fully saturated rings. The molecule has 1 aliphatic heterocycles. The Labute approximate surface area is 72.3 Å². The van der Waals surface area contributed by atoms with Gasteiger partial charge in [0.05, 0.1) is 18.4 Å². The van der Waals surface area contributed by atoms with Crippen molar-refractivity contribution in [3.05, 3.63) is 0 Å². The first-order valence-corrected chi connectivity index (χ1v) is 4.55. The summed E-state index contributed by atoms with van der Waals surface area (Å²) in [5, 5.41) is 3.20. The number of carbonyl (C=O) groups excluding carboxylic acids is 1. The van der Waals surface area contributed by atoms with Gasteiger partial charge in [-0.1, -0.05) is 0 Å². The van der Waals surface area contributed by atoms with Crippen LogP contribution in [-0.4, -0.2) is 24.2 Å². The molecule has 66 valence electrons. The third-order valence-electron chi connectivity index (χ3n) is 2.94. The smallest absolute Gasteiger partial charge is 0.132 e. The number of hydrogen-bond donors (Lipinski definition) is 1. The van der Waals surface area contributed by atoms with Crippen LogP contribution < -0.4 is 5.32 Å². The highest BCUT2D eigenvalue weighted by atomic mass is 16.1. The second-order valence-corrected chi connectivity index (χ2v) is 3.74. The lowest BCUT2D eigenvalue weighted by Gasteiger charge is -2.28. The number of nitrogens with one attached hydrogen (secondary N) is 1. The minimum absolute atomic E-state index is 0.278. The Kier molecular flexibility index (Phi) is 1.87. The maximum absolute atomic E-state index is 11.1. The lowest BCUT2D eigenvalue weighted by Crippen LogP contribution is -2.39. The molecule has 2 aliphatic rings. The summed E-state index contributed by atoms with van der Waals surface area (Å²) in [5.74, 6) is 0.614. The minimum atomic E-state index is 0.278. The van der Waals surface area contributed by atoms with Crippen LogP contribution >= 0.6 is 0 Å². The predicted octanol–water partition coefficient (Wildman–Crippen LogP) is 0.744. The average molecular weight is 166 g/mol. The van der Waals surface area contributed by atoms with E-state index in [-0.39, 0.29) is 5.92 Å². The van der Waals surface area contributed by atoms with Crippen molar-refractivity contribution >= 4 is 12.1 Å². The Balaban J connectivity index is 1.99. The van der Waals surface area contributed by atoms with E-state index in [2.05, 4.69) is 10.3 Å². The molecule has 1 saturated carbocycles. The highest BCUT2D eigenvalue weighted by Gasteiger charge is 2.33. The van der Waals surface area contributed by atoms with Gasteiger partial charge < -0.3 is 5.32 Å². The van der Waals surface area contributed by atoms with Gasteiger partial charge in [0.2, 0.25) is 0 Å². The molecule has 1 N–H and O–H groups in total. The standard InChI is InChI=1S/C9H14N2O/c1-6(12)7-2-3-8-9(4-7)11-5-10-8/h5,7-9H,2-4H2,1H3,(H,10,11). The van der Waals surface area contributed by atoms with Gasteiger partial charge in [-0.2, -0.15) is 0 Å². The fourth-order valence-electron chi connectivity index (χ4n) is 2.12. The highest BCUT2D eigenvalue weighted by Crippen LogP contribution is 2.28. The molecule has 0 amide bonds. The Hall–Kier alpha value is -0.860. The van der Waals surface area contributed by atoms with E-state index in [0.717, 1.165) is 19.3 Å². The summed E-state index contributed by atoms with van der Waals surface area (Å²) < 4.78 is 0. The van der Waals surface area contributed by atoms with E-state index in [4.69, 9.17) is 0 Å². The van der Waals surface area contributed by atoms with E-state index < -0.39 is 0 Å². The second-order valence-electron chi connectivity index (χ2n) is 3.74. The maximum atomic E-state index is 11.1. The third kappa shape index (κ3) is 1.24. The van der Waals surface area contributed by atoms with Crippen LogP contribution in [0.3, 0.4) is 0 Å². The number of ketones is 1. The monoisotopic (exact) mass is 166 g/mol. The molecule has 12 heavy (non-hydrogen) atoms. The summed E-state index contributed by atoms with van der Waals surface area (Å²) in [6.45, 7) is 1.70. The first kappa shape index (κ1) is 7.77.